The molecule has 0 heterocycles. The van der Waals surface area contributed by atoms with Gasteiger partial charge in [0, 0.05) is 0 Å². The molecular formula is C18H17Cl2FO3S. The van der Waals surface area contributed by atoms with Crippen molar-refractivity contribution >= 4 is 33.0 Å². The standard InChI is InChI=1S/C18H17Cl2FO3S/c19-15-8-5-12(9-17(15)21)11-24-13-6-7-14(10-13)25(22,23)18-4-2-1-3-16(18)20/h1-5,8-9,13-14H,6-7,10-11H2. The van der Waals surface area contributed by atoms with Crippen molar-refractivity contribution in [3.05, 3.63) is 63.9 Å². The van der Waals surface area contributed by atoms with Crippen molar-refractivity contribution in [2.75, 3.05) is 0 Å². The van der Waals surface area contributed by atoms with Crippen LogP contribution in [-0.4, -0.2) is 19.8 Å². The van der Waals surface area contributed by atoms with E-state index < -0.39 is 20.9 Å². The summed E-state index contributed by atoms with van der Waals surface area (Å²) in [7, 11) is -3.49. The van der Waals surface area contributed by atoms with Crippen LogP contribution in [0.4, 0.5) is 4.39 Å². The van der Waals surface area contributed by atoms with E-state index >= 15 is 0 Å². The van der Waals surface area contributed by atoms with Crippen molar-refractivity contribution in [1.82, 2.24) is 0 Å². The monoisotopic (exact) mass is 402 g/mol. The summed E-state index contributed by atoms with van der Waals surface area (Å²) in [6.45, 7) is 0.220. The van der Waals surface area contributed by atoms with Crippen molar-refractivity contribution in [3.8, 4) is 0 Å². The first-order valence-electron chi connectivity index (χ1n) is 7.92. The van der Waals surface area contributed by atoms with Crippen LogP contribution in [0, 0.1) is 5.82 Å². The van der Waals surface area contributed by atoms with Gasteiger partial charge in [0.2, 0.25) is 0 Å². The van der Waals surface area contributed by atoms with Gasteiger partial charge in [-0.05, 0) is 49.1 Å². The van der Waals surface area contributed by atoms with E-state index in [1.807, 2.05) is 0 Å². The fraction of sp³-hybridized carbons (Fsp3) is 0.333. The Morgan fingerprint density at radius 1 is 1.08 bits per heavy atom. The highest BCUT2D eigenvalue weighted by Crippen LogP contribution is 2.34. The molecular weight excluding hydrogens is 386 g/mol. The third-order valence-electron chi connectivity index (χ3n) is 4.39. The molecule has 0 aliphatic heterocycles. The highest BCUT2D eigenvalue weighted by atomic mass is 35.5. The molecule has 1 aliphatic carbocycles. The first kappa shape index (κ1) is 18.6. The predicted molar refractivity (Wildman–Crippen MR) is 96.3 cm³/mol. The summed E-state index contributed by atoms with van der Waals surface area (Å²) in [5, 5.41) is -0.210. The lowest BCUT2D eigenvalue weighted by Gasteiger charge is -2.14. The van der Waals surface area contributed by atoms with E-state index in [-0.39, 0.29) is 27.7 Å². The van der Waals surface area contributed by atoms with Crippen LogP contribution in [0.1, 0.15) is 24.8 Å². The zero-order chi connectivity index (χ0) is 18.0. The van der Waals surface area contributed by atoms with Crippen LogP contribution < -0.4 is 0 Å². The van der Waals surface area contributed by atoms with E-state index in [0.717, 1.165) is 0 Å². The number of ether oxygens (including phenoxy) is 1. The minimum absolute atomic E-state index is 0.0653. The zero-order valence-corrected chi connectivity index (χ0v) is 15.6. The molecule has 0 bridgehead atoms. The maximum absolute atomic E-state index is 13.4. The number of halogens is 3. The fourth-order valence-corrected chi connectivity index (χ4v) is 5.49. The second-order valence-corrected chi connectivity index (χ2v) is 9.10. The molecule has 134 valence electrons. The van der Waals surface area contributed by atoms with Crippen molar-refractivity contribution in [1.29, 1.82) is 0 Å². The van der Waals surface area contributed by atoms with Crippen LogP contribution in [0.5, 0.6) is 0 Å². The van der Waals surface area contributed by atoms with E-state index in [1.165, 1.54) is 18.2 Å². The zero-order valence-electron chi connectivity index (χ0n) is 13.3. The van der Waals surface area contributed by atoms with Crippen molar-refractivity contribution in [2.24, 2.45) is 0 Å². The number of benzene rings is 2. The van der Waals surface area contributed by atoms with Crippen LogP contribution >= 0.6 is 23.2 Å². The first-order valence-corrected chi connectivity index (χ1v) is 10.2. The summed E-state index contributed by atoms with van der Waals surface area (Å²) >= 11 is 11.7. The predicted octanol–water partition coefficient (Wildman–Crippen LogP) is 5.04. The molecule has 1 saturated carbocycles. The summed E-state index contributed by atoms with van der Waals surface area (Å²) in [6, 6.07) is 11.0. The van der Waals surface area contributed by atoms with Gasteiger partial charge in [-0.25, -0.2) is 12.8 Å². The smallest absolute Gasteiger partial charge is 0.182 e. The molecule has 0 N–H and O–H groups in total. The van der Waals surface area contributed by atoms with E-state index in [9.17, 15) is 12.8 Å². The van der Waals surface area contributed by atoms with E-state index in [2.05, 4.69) is 0 Å². The average Bonchev–Trinajstić information content (AvgIpc) is 3.06. The quantitative estimate of drug-likeness (QED) is 0.702. The first-order chi connectivity index (χ1) is 11.9. The van der Waals surface area contributed by atoms with Gasteiger partial charge in [0.25, 0.3) is 0 Å². The molecule has 3 nitrogen and oxygen atoms in total. The molecule has 2 aromatic carbocycles. The molecule has 25 heavy (non-hydrogen) atoms. The highest BCUT2D eigenvalue weighted by molar-refractivity contribution is 7.92. The number of sulfone groups is 1. The summed E-state index contributed by atoms with van der Waals surface area (Å²) < 4.78 is 44.7. The van der Waals surface area contributed by atoms with Gasteiger partial charge in [-0.2, -0.15) is 0 Å². The third kappa shape index (κ3) is 4.17. The van der Waals surface area contributed by atoms with Gasteiger partial charge in [0.05, 0.1) is 32.9 Å². The van der Waals surface area contributed by atoms with Crippen LogP contribution in [-0.2, 0) is 21.2 Å². The molecule has 7 heteroatoms. The maximum Gasteiger partial charge on any atom is 0.182 e. The molecule has 0 amide bonds. The average molecular weight is 403 g/mol. The molecule has 1 aliphatic rings. The Labute approximate surface area is 156 Å². The minimum atomic E-state index is -3.49. The third-order valence-corrected chi connectivity index (χ3v) is 7.41. The lowest BCUT2D eigenvalue weighted by molar-refractivity contribution is 0.0457. The van der Waals surface area contributed by atoms with E-state index in [1.54, 1.807) is 24.3 Å². The van der Waals surface area contributed by atoms with Crippen molar-refractivity contribution in [2.45, 2.75) is 42.1 Å². The molecule has 2 unspecified atom stereocenters. The second-order valence-electron chi connectivity index (χ2n) is 6.09. The Hall–Kier alpha value is -1.14. The lowest BCUT2D eigenvalue weighted by Crippen LogP contribution is -2.20. The fourth-order valence-electron chi connectivity index (χ4n) is 3.03. The summed E-state index contributed by atoms with van der Waals surface area (Å²) in [5.74, 6) is -0.492. The number of rotatable bonds is 5. The van der Waals surface area contributed by atoms with Crippen LogP contribution in [0.3, 0.4) is 0 Å². The van der Waals surface area contributed by atoms with Gasteiger partial charge >= 0.3 is 0 Å². The van der Waals surface area contributed by atoms with Gasteiger partial charge in [0.15, 0.2) is 9.84 Å². The van der Waals surface area contributed by atoms with Crippen molar-refractivity contribution < 1.29 is 17.5 Å². The molecule has 0 aromatic heterocycles. The van der Waals surface area contributed by atoms with E-state index in [4.69, 9.17) is 27.9 Å². The van der Waals surface area contributed by atoms with Gasteiger partial charge in [-0.1, -0.05) is 41.4 Å². The van der Waals surface area contributed by atoms with Gasteiger partial charge in [-0.15, -0.1) is 0 Å². The Morgan fingerprint density at radius 3 is 2.56 bits per heavy atom. The molecule has 3 rings (SSSR count). The largest absolute Gasteiger partial charge is 0.373 e. The molecule has 2 atom stereocenters. The normalized spacial score (nSPS) is 20.8. The second kappa shape index (κ2) is 7.62. The Morgan fingerprint density at radius 2 is 1.84 bits per heavy atom. The number of hydrogen-bond donors (Lipinski definition) is 0. The van der Waals surface area contributed by atoms with Crippen LogP contribution in [0.25, 0.3) is 0 Å². The SMILES string of the molecule is O=S(=O)(c1ccccc1Cl)C1CCC(OCc2ccc(Cl)c(F)c2)C1. The Balaban J connectivity index is 1.63. The highest BCUT2D eigenvalue weighted by Gasteiger charge is 2.36. The summed E-state index contributed by atoms with van der Waals surface area (Å²) in [4.78, 5) is 0.169. The molecule has 0 saturated heterocycles. The topological polar surface area (TPSA) is 43.4 Å². The van der Waals surface area contributed by atoms with Gasteiger partial charge < -0.3 is 4.74 Å². The van der Waals surface area contributed by atoms with E-state index in [0.29, 0.717) is 24.8 Å². The van der Waals surface area contributed by atoms with Crippen LogP contribution in [0.2, 0.25) is 10.0 Å². The Kier molecular flexibility index (Phi) is 5.68. The van der Waals surface area contributed by atoms with Crippen molar-refractivity contribution in [3.63, 3.8) is 0 Å². The van der Waals surface area contributed by atoms with Gasteiger partial charge in [-0.3, -0.25) is 0 Å². The maximum atomic E-state index is 13.4. The summed E-state index contributed by atoms with van der Waals surface area (Å²) in [5.41, 5.74) is 0.666. The molecule has 1 fully saturated rings. The molecule has 0 spiro atoms. The summed E-state index contributed by atoms with van der Waals surface area (Å²) in [6.07, 6.45) is 1.39. The molecule has 0 radical (unpaired) electrons. The number of hydrogen-bond acceptors (Lipinski definition) is 3. The van der Waals surface area contributed by atoms with Crippen LogP contribution in [0.15, 0.2) is 47.4 Å². The van der Waals surface area contributed by atoms with Gasteiger partial charge in [0.1, 0.15) is 5.82 Å². The molecule has 2 aromatic rings. The minimum Gasteiger partial charge on any atom is -0.373 e. The Bertz CT molecular complexity index is 870. The lowest BCUT2D eigenvalue weighted by atomic mass is 10.2.